The van der Waals surface area contributed by atoms with E-state index in [1.54, 1.807) is 25.1 Å². The molecular formula is C26H26FN3O3. The summed E-state index contributed by atoms with van der Waals surface area (Å²) in [5.41, 5.74) is 4.99. The minimum Gasteiger partial charge on any atom is -0.343 e. The van der Waals surface area contributed by atoms with Crippen LogP contribution in [0.1, 0.15) is 43.0 Å². The monoisotopic (exact) mass is 447 g/mol. The van der Waals surface area contributed by atoms with E-state index in [0.29, 0.717) is 11.3 Å². The van der Waals surface area contributed by atoms with Gasteiger partial charge in [-0.15, -0.1) is 0 Å². The maximum Gasteiger partial charge on any atom is 0.258 e. The molecule has 0 aliphatic heterocycles. The largest absolute Gasteiger partial charge is 0.343 e. The molecule has 3 N–H and O–H groups in total. The van der Waals surface area contributed by atoms with Crippen molar-refractivity contribution in [3.63, 3.8) is 0 Å². The van der Waals surface area contributed by atoms with Gasteiger partial charge in [-0.2, -0.15) is 0 Å². The fourth-order valence-corrected chi connectivity index (χ4v) is 3.56. The van der Waals surface area contributed by atoms with Crippen molar-refractivity contribution in [2.24, 2.45) is 0 Å². The van der Waals surface area contributed by atoms with Gasteiger partial charge in [-0.25, -0.2) is 4.39 Å². The number of hydrogen-bond donors (Lipinski definition) is 3. The first kappa shape index (κ1) is 23.7. The van der Waals surface area contributed by atoms with Crippen LogP contribution in [0, 0.1) is 33.5 Å². The lowest BCUT2D eigenvalue weighted by Crippen LogP contribution is -2.33. The summed E-state index contributed by atoms with van der Waals surface area (Å²) in [6.45, 7) is 7.37. The van der Waals surface area contributed by atoms with Gasteiger partial charge in [0.25, 0.3) is 11.8 Å². The zero-order valence-electron chi connectivity index (χ0n) is 19.0. The number of rotatable bonds is 6. The summed E-state index contributed by atoms with van der Waals surface area (Å²) in [7, 11) is 0. The van der Waals surface area contributed by atoms with E-state index in [-0.39, 0.29) is 23.6 Å². The molecule has 0 aliphatic carbocycles. The van der Waals surface area contributed by atoms with E-state index < -0.39 is 17.6 Å². The maximum absolute atomic E-state index is 13.9. The van der Waals surface area contributed by atoms with E-state index in [0.717, 1.165) is 22.4 Å². The van der Waals surface area contributed by atoms with Crippen LogP contribution in [0.5, 0.6) is 0 Å². The fourth-order valence-electron chi connectivity index (χ4n) is 3.56. The number of anilines is 2. The van der Waals surface area contributed by atoms with Crippen LogP contribution in [0.3, 0.4) is 0 Å². The Kier molecular flexibility index (Phi) is 7.23. The van der Waals surface area contributed by atoms with Crippen LogP contribution in [0.15, 0.2) is 54.6 Å². The third-order valence-electron chi connectivity index (χ3n) is 5.22. The summed E-state index contributed by atoms with van der Waals surface area (Å²) in [4.78, 5) is 37.4. The minimum atomic E-state index is -0.633. The van der Waals surface area contributed by atoms with E-state index >= 15 is 0 Å². The van der Waals surface area contributed by atoms with Gasteiger partial charge in [0.15, 0.2) is 0 Å². The molecule has 0 aromatic heterocycles. The predicted molar refractivity (Wildman–Crippen MR) is 127 cm³/mol. The molecule has 3 rings (SSSR count). The second kappa shape index (κ2) is 10.1. The zero-order chi connectivity index (χ0) is 24.1. The van der Waals surface area contributed by atoms with Gasteiger partial charge in [0.1, 0.15) is 5.82 Å². The van der Waals surface area contributed by atoms with Crippen molar-refractivity contribution >= 4 is 29.1 Å². The lowest BCUT2D eigenvalue weighted by molar-refractivity contribution is -0.115. The summed E-state index contributed by atoms with van der Waals surface area (Å²) >= 11 is 0. The molecule has 6 nitrogen and oxygen atoms in total. The molecule has 0 aliphatic rings. The number of nitrogens with one attached hydrogen (secondary N) is 3. The highest BCUT2D eigenvalue weighted by molar-refractivity contribution is 6.06. The number of amides is 3. The summed E-state index contributed by atoms with van der Waals surface area (Å²) in [5.74, 6) is -2.06. The Hall–Kier alpha value is -4.00. The molecule has 170 valence electrons. The van der Waals surface area contributed by atoms with Crippen molar-refractivity contribution in [3.05, 3.63) is 93.8 Å². The van der Waals surface area contributed by atoms with Crippen molar-refractivity contribution in [2.45, 2.75) is 27.7 Å². The SMILES string of the molecule is Cc1cc(C)c(NC(=O)CNC(=O)c2ccc(C)c(NC(=O)c3ccccc3F)c2)c(C)c1. The number of carbonyl (C=O) groups is 3. The number of aryl methyl sites for hydroxylation is 4. The van der Waals surface area contributed by atoms with Gasteiger partial charge >= 0.3 is 0 Å². The quantitative estimate of drug-likeness (QED) is 0.513. The number of benzene rings is 3. The second-order valence-corrected chi connectivity index (χ2v) is 7.97. The molecule has 7 heteroatoms. The van der Waals surface area contributed by atoms with E-state index in [1.165, 1.54) is 24.3 Å². The highest BCUT2D eigenvalue weighted by Gasteiger charge is 2.15. The Morgan fingerprint density at radius 1 is 0.788 bits per heavy atom. The zero-order valence-corrected chi connectivity index (χ0v) is 19.0. The van der Waals surface area contributed by atoms with Crippen molar-refractivity contribution in [3.8, 4) is 0 Å². The van der Waals surface area contributed by atoms with Crippen LogP contribution >= 0.6 is 0 Å². The molecule has 0 saturated carbocycles. The highest BCUT2D eigenvalue weighted by atomic mass is 19.1. The Balaban J connectivity index is 1.65. The minimum absolute atomic E-state index is 0.0925. The molecule has 0 atom stereocenters. The van der Waals surface area contributed by atoms with Gasteiger partial charge in [0, 0.05) is 16.9 Å². The Labute approximate surface area is 192 Å². The smallest absolute Gasteiger partial charge is 0.258 e. The van der Waals surface area contributed by atoms with Crippen LogP contribution in [-0.4, -0.2) is 24.3 Å². The lowest BCUT2D eigenvalue weighted by atomic mass is 10.1. The van der Waals surface area contributed by atoms with Gasteiger partial charge in [0.2, 0.25) is 5.91 Å². The molecule has 33 heavy (non-hydrogen) atoms. The standard InChI is InChI=1S/C26H26FN3O3/c1-15-11-17(3)24(18(4)12-15)30-23(31)14-28-25(32)19-10-9-16(2)22(13-19)29-26(33)20-7-5-6-8-21(20)27/h5-13H,14H2,1-4H3,(H,28,32)(H,29,33)(H,30,31). The van der Waals surface area contributed by atoms with Crippen LogP contribution in [0.25, 0.3) is 0 Å². The summed E-state index contributed by atoms with van der Waals surface area (Å²) in [5, 5.41) is 8.06. The van der Waals surface area contributed by atoms with Crippen molar-refractivity contribution in [1.82, 2.24) is 5.32 Å². The molecule has 3 aromatic rings. The first-order valence-corrected chi connectivity index (χ1v) is 10.5. The molecule has 3 amide bonds. The summed E-state index contributed by atoms with van der Waals surface area (Å²) in [6, 6.07) is 14.4. The molecule has 3 aromatic carbocycles. The van der Waals surface area contributed by atoms with Crippen LogP contribution in [0.2, 0.25) is 0 Å². The third-order valence-corrected chi connectivity index (χ3v) is 5.22. The van der Waals surface area contributed by atoms with Crippen molar-refractivity contribution in [1.29, 1.82) is 0 Å². The average molecular weight is 448 g/mol. The number of carbonyl (C=O) groups excluding carboxylic acids is 3. The molecule has 0 spiro atoms. The Bertz CT molecular complexity index is 1210. The highest BCUT2D eigenvalue weighted by Crippen LogP contribution is 2.22. The predicted octanol–water partition coefficient (Wildman–Crippen LogP) is 4.68. The first-order valence-electron chi connectivity index (χ1n) is 10.5. The number of halogens is 1. The molecular weight excluding hydrogens is 421 g/mol. The van der Waals surface area contributed by atoms with E-state index in [2.05, 4.69) is 16.0 Å². The third kappa shape index (κ3) is 5.83. The van der Waals surface area contributed by atoms with Crippen molar-refractivity contribution in [2.75, 3.05) is 17.2 Å². The van der Waals surface area contributed by atoms with Crippen LogP contribution in [-0.2, 0) is 4.79 Å². The van der Waals surface area contributed by atoms with Gasteiger partial charge < -0.3 is 16.0 Å². The van der Waals surface area contributed by atoms with Gasteiger partial charge in [-0.3, -0.25) is 14.4 Å². The van der Waals surface area contributed by atoms with Gasteiger partial charge in [0.05, 0.1) is 12.1 Å². The second-order valence-electron chi connectivity index (χ2n) is 7.97. The molecule has 0 radical (unpaired) electrons. The van der Waals surface area contributed by atoms with Gasteiger partial charge in [-0.05, 0) is 68.7 Å². The maximum atomic E-state index is 13.9. The lowest BCUT2D eigenvalue weighted by Gasteiger charge is -2.14. The average Bonchev–Trinajstić information content (AvgIpc) is 2.76. The Morgan fingerprint density at radius 2 is 1.45 bits per heavy atom. The number of hydrogen-bond acceptors (Lipinski definition) is 3. The Morgan fingerprint density at radius 3 is 2.12 bits per heavy atom. The first-order chi connectivity index (χ1) is 15.7. The molecule has 0 heterocycles. The van der Waals surface area contributed by atoms with E-state index in [1.807, 2.05) is 32.9 Å². The van der Waals surface area contributed by atoms with Gasteiger partial charge in [-0.1, -0.05) is 35.9 Å². The van der Waals surface area contributed by atoms with Crippen LogP contribution in [0.4, 0.5) is 15.8 Å². The van der Waals surface area contributed by atoms with Crippen molar-refractivity contribution < 1.29 is 18.8 Å². The van der Waals surface area contributed by atoms with Crippen LogP contribution < -0.4 is 16.0 Å². The summed E-state index contributed by atoms with van der Waals surface area (Å²) < 4.78 is 13.9. The molecule has 0 saturated heterocycles. The normalized spacial score (nSPS) is 10.5. The summed E-state index contributed by atoms with van der Waals surface area (Å²) in [6.07, 6.45) is 0. The topological polar surface area (TPSA) is 87.3 Å². The molecule has 0 bridgehead atoms. The molecule has 0 unspecified atom stereocenters. The molecule has 0 fully saturated rings. The van der Waals surface area contributed by atoms with E-state index in [9.17, 15) is 18.8 Å². The van der Waals surface area contributed by atoms with E-state index in [4.69, 9.17) is 0 Å². The fraction of sp³-hybridized carbons (Fsp3) is 0.192.